The first kappa shape index (κ1) is 16.3. The zero-order chi connectivity index (χ0) is 15.6. The molecule has 0 aliphatic heterocycles. The molecule has 0 radical (unpaired) electrons. The van der Waals surface area contributed by atoms with E-state index in [9.17, 15) is 26.7 Å². The Morgan fingerprint density at radius 3 is 2.57 bits per heavy atom. The molecule has 0 spiro atoms. The largest absolute Gasteiger partial charge is 0.393 e. The average Bonchev–Trinajstić information content (AvgIpc) is 2.43. The number of hydrogen-bond acceptors (Lipinski definition) is 3. The van der Waals surface area contributed by atoms with E-state index in [1.54, 1.807) is 0 Å². The molecular formula is C13H16F3NO3S. The quantitative estimate of drug-likeness (QED) is 0.832. The smallest absolute Gasteiger partial charge is 0.243 e. The molecule has 2 rings (SSSR count). The van der Waals surface area contributed by atoms with Gasteiger partial charge in [0.25, 0.3) is 0 Å². The fourth-order valence-electron chi connectivity index (χ4n) is 2.47. The van der Waals surface area contributed by atoms with E-state index < -0.39 is 38.5 Å². The van der Waals surface area contributed by atoms with Crippen LogP contribution in [0.2, 0.25) is 0 Å². The number of nitrogens with one attached hydrogen (secondary N) is 1. The number of aliphatic hydroxyl groups excluding tert-OH is 1. The van der Waals surface area contributed by atoms with Gasteiger partial charge < -0.3 is 5.11 Å². The zero-order valence-electron chi connectivity index (χ0n) is 11.2. The van der Waals surface area contributed by atoms with Gasteiger partial charge in [0.05, 0.1) is 6.10 Å². The second-order valence-electron chi connectivity index (χ2n) is 5.21. The van der Waals surface area contributed by atoms with Crippen LogP contribution in [0.3, 0.4) is 0 Å². The lowest BCUT2D eigenvalue weighted by molar-refractivity contribution is 0.102. The Hall–Kier alpha value is -1.12. The van der Waals surface area contributed by atoms with Crippen molar-refractivity contribution in [1.29, 1.82) is 0 Å². The minimum atomic E-state index is -4.26. The lowest BCUT2D eigenvalue weighted by Gasteiger charge is -2.25. The van der Waals surface area contributed by atoms with Crippen molar-refractivity contribution in [2.24, 2.45) is 5.92 Å². The van der Waals surface area contributed by atoms with E-state index in [-0.39, 0.29) is 12.5 Å². The van der Waals surface area contributed by atoms with Crippen LogP contribution < -0.4 is 4.72 Å². The molecule has 1 saturated carbocycles. The van der Waals surface area contributed by atoms with E-state index in [0.29, 0.717) is 25.0 Å². The first-order chi connectivity index (χ1) is 9.81. The van der Waals surface area contributed by atoms with Crippen LogP contribution in [0.5, 0.6) is 0 Å². The highest BCUT2D eigenvalue weighted by molar-refractivity contribution is 7.89. The maximum Gasteiger partial charge on any atom is 0.243 e. The van der Waals surface area contributed by atoms with Crippen molar-refractivity contribution < 1.29 is 26.7 Å². The van der Waals surface area contributed by atoms with Crippen LogP contribution in [0.4, 0.5) is 13.2 Å². The molecule has 1 aliphatic rings. The molecule has 0 amide bonds. The predicted molar refractivity (Wildman–Crippen MR) is 69.5 cm³/mol. The van der Waals surface area contributed by atoms with E-state index in [1.165, 1.54) is 0 Å². The van der Waals surface area contributed by atoms with Gasteiger partial charge in [0.2, 0.25) is 10.0 Å². The summed E-state index contributed by atoms with van der Waals surface area (Å²) in [5.41, 5.74) is 0. The van der Waals surface area contributed by atoms with Gasteiger partial charge in [-0.05, 0) is 37.3 Å². The van der Waals surface area contributed by atoms with Crippen molar-refractivity contribution in [3.05, 3.63) is 29.6 Å². The van der Waals surface area contributed by atoms with E-state index in [0.717, 1.165) is 12.8 Å². The Labute approximate surface area is 121 Å². The van der Waals surface area contributed by atoms with Gasteiger partial charge >= 0.3 is 0 Å². The molecule has 1 aromatic carbocycles. The third-order valence-corrected chi connectivity index (χ3v) is 5.05. The summed E-state index contributed by atoms with van der Waals surface area (Å²) in [6.07, 6.45) is 2.21. The fraction of sp³-hybridized carbons (Fsp3) is 0.538. The van der Waals surface area contributed by atoms with Crippen molar-refractivity contribution in [3.8, 4) is 0 Å². The molecule has 1 aliphatic carbocycles. The van der Waals surface area contributed by atoms with Gasteiger partial charge in [0.1, 0.15) is 4.90 Å². The second kappa shape index (κ2) is 6.33. The number of halogens is 3. The molecule has 0 heterocycles. The van der Waals surface area contributed by atoms with Crippen LogP contribution in [0.25, 0.3) is 0 Å². The van der Waals surface area contributed by atoms with Crippen molar-refractivity contribution in [3.63, 3.8) is 0 Å². The molecule has 8 heteroatoms. The van der Waals surface area contributed by atoms with Crippen molar-refractivity contribution in [2.75, 3.05) is 6.54 Å². The van der Waals surface area contributed by atoms with E-state index >= 15 is 0 Å². The summed E-state index contributed by atoms with van der Waals surface area (Å²) in [6, 6.07) is 1.25. The summed E-state index contributed by atoms with van der Waals surface area (Å²) in [5, 5.41) is 9.51. The van der Waals surface area contributed by atoms with Gasteiger partial charge in [0.15, 0.2) is 17.5 Å². The molecule has 1 fully saturated rings. The number of aliphatic hydroxyl groups is 1. The van der Waals surface area contributed by atoms with Crippen LogP contribution >= 0.6 is 0 Å². The maximum atomic E-state index is 13.5. The highest BCUT2D eigenvalue weighted by Crippen LogP contribution is 2.25. The zero-order valence-corrected chi connectivity index (χ0v) is 12.0. The molecule has 2 unspecified atom stereocenters. The van der Waals surface area contributed by atoms with Gasteiger partial charge in [0, 0.05) is 6.54 Å². The highest BCUT2D eigenvalue weighted by atomic mass is 32.2. The normalized spacial score (nSPS) is 23.2. The first-order valence-electron chi connectivity index (χ1n) is 6.62. The Balaban J connectivity index is 2.10. The Kier molecular flexibility index (Phi) is 4.90. The molecule has 0 aromatic heterocycles. The fourth-order valence-corrected chi connectivity index (χ4v) is 3.65. The van der Waals surface area contributed by atoms with Crippen molar-refractivity contribution in [2.45, 2.75) is 36.7 Å². The van der Waals surface area contributed by atoms with Crippen LogP contribution in [0, 0.1) is 23.4 Å². The Morgan fingerprint density at radius 2 is 1.90 bits per heavy atom. The third-order valence-electron chi connectivity index (χ3n) is 3.61. The molecule has 1 aromatic rings. The number of benzene rings is 1. The SMILES string of the molecule is O=S(=O)(NCC1CCCC(O)C1)c1ccc(F)c(F)c1F. The minimum absolute atomic E-state index is 0.0256. The van der Waals surface area contributed by atoms with Crippen molar-refractivity contribution in [1.82, 2.24) is 4.72 Å². The van der Waals surface area contributed by atoms with Gasteiger partial charge in [-0.25, -0.2) is 26.3 Å². The van der Waals surface area contributed by atoms with E-state index in [1.807, 2.05) is 0 Å². The van der Waals surface area contributed by atoms with Crippen LogP contribution in [0.15, 0.2) is 17.0 Å². The van der Waals surface area contributed by atoms with E-state index in [2.05, 4.69) is 4.72 Å². The molecule has 4 nitrogen and oxygen atoms in total. The molecular weight excluding hydrogens is 307 g/mol. The van der Waals surface area contributed by atoms with Gasteiger partial charge in [-0.15, -0.1) is 0 Å². The Morgan fingerprint density at radius 1 is 1.19 bits per heavy atom. The van der Waals surface area contributed by atoms with Crippen LogP contribution in [-0.4, -0.2) is 26.2 Å². The monoisotopic (exact) mass is 323 g/mol. The average molecular weight is 323 g/mol. The molecule has 2 atom stereocenters. The molecule has 0 saturated heterocycles. The lowest BCUT2D eigenvalue weighted by Crippen LogP contribution is -2.33. The van der Waals surface area contributed by atoms with E-state index in [4.69, 9.17) is 0 Å². The first-order valence-corrected chi connectivity index (χ1v) is 8.11. The lowest BCUT2D eigenvalue weighted by atomic mass is 9.87. The standard InChI is InChI=1S/C13H16F3NO3S/c14-10-4-5-11(13(16)12(10)15)21(19,20)17-7-8-2-1-3-9(18)6-8/h4-5,8-9,17-18H,1-3,6-7H2. The van der Waals surface area contributed by atoms with Crippen LogP contribution in [-0.2, 0) is 10.0 Å². The molecule has 21 heavy (non-hydrogen) atoms. The maximum absolute atomic E-state index is 13.5. The summed E-state index contributed by atoms with van der Waals surface area (Å²) in [4.78, 5) is -0.919. The summed E-state index contributed by atoms with van der Waals surface area (Å²) in [6.45, 7) is 0.0256. The molecule has 0 bridgehead atoms. The predicted octanol–water partition coefficient (Wildman–Crippen LogP) is 1.93. The van der Waals surface area contributed by atoms with Crippen molar-refractivity contribution >= 4 is 10.0 Å². The number of rotatable bonds is 4. The van der Waals surface area contributed by atoms with Gasteiger partial charge in [-0.1, -0.05) is 6.42 Å². The van der Waals surface area contributed by atoms with Gasteiger partial charge in [-0.3, -0.25) is 0 Å². The molecule has 118 valence electrons. The summed E-state index contributed by atoms with van der Waals surface area (Å²) in [7, 11) is -4.26. The molecule has 2 N–H and O–H groups in total. The summed E-state index contributed by atoms with van der Waals surface area (Å²) in [5.74, 6) is -5.05. The number of sulfonamides is 1. The third kappa shape index (κ3) is 3.75. The summed E-state index contributed by atoms with van der Waals surface area (Å²) < 4.78 is 65.5. The highest BCUT2D eigenvalue weighted by Gasteiger charge is 2.26. The summed E-state index contributed by atoms with van der Waals surface area (Å²) >= 11 is 0. The van der Waals surface area contributed by atoms with Gasteiger partial charge in [-0.2, -0.15) is 0 Å². The Bertz CT molecular complexity index is 621. The topological polar surface area (TPSA) is 66.4 Å². The number of hydrogen-bond donors (Lipinski definition) is 2. The second-order valence-corrected chi connectivity index (χ2v) is 6.95. The minimum Gasteiger partial charge on any atom is -0.393 e. The van der Waals surface area contributed by atoms with Crippen LogP contribution in [0.1, 0.15) is 25.7 Å².